The van der Waals surface area contributed by atoms with Gasteiger partial charge in [-0.25, -0.2) is 9.67 Å². The molecule has 0 aliphatic carbocycles. The molecule has 0 radical (unpaired) electrons. The SMILES string of the molecule is COc1ccc(NC(=O)Cn2cnc(C#N)n2)cc1Cl. The maximum atomic E-state index is 11.8. The van der Waals surface area contributed by atoms with Gasteiger partial charge in [-0.2, -0.15) is 5.26 Å². The third-order valence-electron chi connectivity index (χ3n) is 2.38. The number of benzene rings is 1. The van der Waals surface area contributed by atoms with E-state index in [2.05, 4.69) is 15.4 Å². The molecule has 1 amide bonds. The lowest BCUT2D eigenvalue weighted by Gasteiger charge is -2.07. The van der Waals surface area contributed by atoms with Crippen molar-refractivity contribution in [2.24, 2.45) is 0 Å². The number of halogens is 1. The van der Waals surface area contributed by atoms with Crippen molar-refractivity contribution < 1.29 is 9.53 Å². The molecular weight excluding hydrogens is 282 g/mol. The van der Waals surface area contributed by atoms with Crippen LogP contribution >= 0.6 is 11.6 Å². The Balaban J connectivity index is 2.01. The summed E-state index contributed by atoms with van der Waals surface area (Å²) >= 11 is 5.96. The van der Waals surface area contributed by atoms with Crippen LogP contribution in [0.25, 0.3) is 0 Å². The fourth-order valence-corrected chi connectivity index (χ4v) is 1.77. The Labute approximate surface area is 119 Å². The van der Waals surface area contributed by atoms with Gasteiger partial charge >= 0.3 is 0 Å². The predicted octanol–water partition coefficient (Wildman–Crippen LogP) is 1.45. The highest BCUT2D eigenvalue weighted by atomic mass is 35.5. The summed E-state index contributed by atoms with van der Waals surface area (Å²) in [5, 5.41) is 15.4. The van der Waals surface area contributed by atoms with Crippen LogP contribution in [0.4, 0.5) is 5.69 Å². The number of ether oxygens (including phenoxy) is 1. The van der Waals surface area contributed by atoms with Crippen molar-refractivity contribution in [1.29, 1.82) is 5.26 Å². The van der Waals surface area contributed by atoms with E-state index in [0.29, 0.717) is 16.5 Å². The van der Waals surface area contributed by atoms with Crippen molar-refractivity contribution in [3.8, 4) is 11.8 Å². The Morgan fingerprint density at radius 1 is 1.60 bits per heavy atom. The van der Waals surface area contributed by atoms with Gasteiger partial charge in [-0.15, -0.1) is 5.10 Å². The smallest absolute Gasteiger partial charge is 0.252 e. The summed E-state index contributed by atoms with van der Waals surface area (Å²) < 4.78 is 6.29. The van der Waals surface area contributed by atoms with Crippen LogP contribution in [0.1, 0.15) is 5.82 Å². The fraction of sp³-hybridized carbons (Fsp3) is 0.167. The number of nitrogens with zero attached hydrogens (tertiary/aromatic N) is 4. The van der Waals surface area contributed by atoms with Gasteiger partial charge in [-0.05, 0) is 18.2 Å². The average Bonchev–Trinajstić information content (AvgIpc) is 2.86. The Bertz CT molecular complexity index is 677. The highest BCUT2D eigenvalue weighted by Gasteiger charge is 2.08. The molecule has 0 saturated carbocycles. The van der Waals surface area contributed by atoms with Crippen LogP contribution in [0.15, 0.2) is 24.5 Å². The van der Waals surface area contributed by atoms with E-state index in [0.717, 1.165) is 0 Å². The molecular formula is C12H10ClN5O2. The Kier molecular flexibility index (Phi) is 4.17. The molecule has 8 heteroatoms. The van der Waals surface area contributed by atoms with E-state index < -0.39 is 0 Å². The number of nitriles is 1. The largest absolute Gasteiger partial charge is 0.495 e. The van der Waals surface area contributed by atoms with Crippen molar-refractivity contribution in [3.63, 3.8) is 0 Å². The molecule has 0 atom stereocenters. The number of carbonyl (C=O) groups is 1. The third kappa shape index (κ3) is 3.24. The quantitative estimate of drug-likeness (QED) is 0.920. The summed E-state index contributed by atoms with van der Waals surface area (Å²) in [6.07, 6.45) is 1.32. The Morgan fingerprint density at radius 3 is 3.00 bits per heavy atom. The topological polar surface area (TPSA) is 92.8 Å². The van der Waals surface area contributed by atoms with Crippen molar-refractivity contribution in [3.05, 3.63) is 35.4 Å². The second-order valence-electron chi connectivity index (χ2n) is 3.78. The lowest BCUT2D eigenvalue weighted by molar-refractivity contribution is -0.116. The summed E-state index contributed by atoms with van der Waals surface area (Å²) in [5.74, 6) is 0.241. The maximum absolute atomic E-state index is 11.8. The summed E-state index contributed by atoms with van der Waals surface area (Å²) in [6, 6.07) is 6.69. The number of rotatable bonds is 4. The van der Waals surface area contributed by atoms with Crippen LogP contribution in [0.3, 0.4) is 0 Å². The molecule has 0 saturated heterocycles. The Morgan fingerprint density at radius 2 is 2.40 bits per heavy atom. The first kappa shape index (κ1) is 13.8. The second-order valence-corrected chi connectivity index (χ2v) is 4.18. The molecule has 0 aliphatic heterocycles. The van der Waals surface area contributed by atoms with E-state index in [-0.39, 0.29) is 18.3 Å². The summed E-state index contributed by atoms with van der Waals surface area (Å²) in [6.45, 7) is -0.0433. The highest BCUT2D eigenvalue weighted by Crippen LogP contribution is 2.27. The van der Waals surface area contributed by atoms with Crippen LogP contribution in [-0.2, 0) is 11.3 Å². The highest BCUT2D eigenvalue weighted by molar-refractivity contribution is 6.32. The number of aromatic nitrogens is 3. The van der Waals surface area contributed by atoms with Gasteiger partial charge in [0.2, 0.25) is 5.91 Å². The van der Waals surface area contributed by atoms with Crippen LogP contribution in [0.2, 0.25) is 5.02 Å². The van der Waals surface area contributed by atoms with Gasteiger partial charge in [0.1, 0.15) is 24.7 Å². The Hall–Kier alpha value is -2.59. The van der Waals surface area contributed by atoms with Crippen molar-refractivity contribution >= 4 is 23.2 Å². The third-order valence-corrected chi connectivity index (χ3v) is 2.67. The van der Waals surface area contributed by atoms with E-state index in [9.17, 15) is 4.79 Å². The van der Waals surface area contributed by atoms with Crippen LogP contribution in [0.5, 0.6) is 5.75 Å². The van der Waals surface area contributed by atoms with Crippen LogP contribution in [0, 0.1) is 11.3 Å². The molecule has 0 bridgehead atoms. The molecule has 0 unspecified atom stereocenters. The lowest BCUT2D eigenvalue weighted by Crippen LogP contribution is -2.19. The molecule has 102 valence electrons. The molecule has 0 fully saturated rings. The standard InChI is InChI=1S/C12H10ClN5O2/c1-20-10-3-2-8(4-9(10)13)16-12(19)6-18-7-15-11(5-14)17-18/h2-4,7H,6H2,1H3,(H,16,19). The van der Waals surface area contributed by atoms with E-state index in [1.165, 1.54) is 18.1 Å². The van der Waals surface area contributed by atoms with Crippen molar-refractivity contribution in [2.45, 2.75) is 6.54 Å². The minimum absolute atomic E-state index is 0.0188. The molecule has 0 spiro atoms. The first-order valence-corrected chi connectivity index (χ1v) is 5.93. The van der Waals surface area contributed by atoms with E-state index in [1.807, 2.05) is 0 Å². The average molecular weight is 292 g/mol. The molecule has 2 rings (SSSR count). The first-order chi connectivity index (χ1) is 9.62. The number of carbonyl (C=O) groups excluding carboxylic acids is 1. The second kappa shape index (κ2) is 6.04. The van der Waals surface area contributed by atoms with E-state index in [4.69, 9.17) is 21.6 Å². The fourth-order valence-electron chi connectivity index (χ4n) is 1.51. The number of anilines is 1. The zero-order chi connectivity index (χ0) is 14.5. The lowest BCUT2D eigenvalue weighted by atomic mass is 10.3. The molecule has 1 aromatic carbocycles. The van der Waals surface area contributed by atoms with Gasteiger partial charge in [0.15, 0.2) is 0 Å². The molecule has 2 aromatic rings. The molecule has 7 nitrogen and oxygen atoms in total. The summed E-state index contributed by atoms with van der Waals surface area (Å²) in [4.78, 5) is 15.5. The molecule has 20 heavy (non-hydrogen) atoms. The predicted molar refractivity (Wildman–Crippen MR) is 71.4 cm³/mol. The van der Waals surface area contributed by atoms with Gasteiger partial charge in [-0.3, -0.25) is 4.79 Å². The minimum Gasteiger partial charge on any atom is -0.495 e. The molecule has 1 aromatic heterocycles. The van der Waals surface area contributed by atoms with Gasteiger partial charge in [0.25, 0.3) is 5.82 Å². The molecule has 1 N–H and O–H groups in total. The zero-order valence-corrected chi connectivity index (χ0v) is 11.3. The van der Waals surface area contributed by atoms with Crippen LogP contribution < -0.4 is 10.1 Å². The molecule has 1 heterocycles. The zero-order valence-electron chi connectivity index (χ0n) is 10.5. The first-order valence-electron chi connectivity index (χ1n) is 5.55. The number of methoxy groups -OCH3 is 1. The molecule has 0 aliphatic rings. The van der Waals surface area contributed by atoms with Gasteiger partial charge in [0, 0.05) is 5.69 Å². The van der Waals surface area contributed by atoms with Gasteiger partial charge < -0.3 is 10.1 Å². The number of nitrogens with one attached hydrogen (secondary N) is 1. The monoisotopic (exact) mass is 291 g/mol. The summed E-state index contributed by atoms with van der Waals surface area (Å²) in [7, 11) is 1.51. The number of hydrogen-bond acceptors (Lipinski definition) is 5. The van der Waals surface area contributed by atoms with Crippen molar-refractivity contribution in [1.82, 2.24) is 14.8 Å². The van der Waals surface area contributed by atoms with Gasteiger partial charge in [0.05, 0.1) is 12.1 Å². The van der Waals surface area contributed by atoms with Crippen molar-refractivity contribution in [2.75, 3.05) is 12.4 Å². The van der Waals surface area contributed by atoms with E-state index >= 15 is 0 Å². The number of amides is 1. The van der Waals surface area contributed by atoms with E-state index in [1.54, 1.807) is 24.3 Å². The number of hydrogen-bond donors (Lipinski definition) is 1. The van der Waals surface area contributed by atoms with Crippen LogP contribution in [-0.4, -0.2) is 27.8 Å². The minimum atomic E-state index is -0.305. The summed E-state index contributed by atoms with van der Waals surface area (Å²) in [5.41, 5.74) is 0.543. The maximum Gasteiger partial charge on any atom is 0.252 e. The normalized spacial score (nSPS) is 9.85. The van der Waals surface area contributed by atoms with Gasteiger partial charge in [-0.1, -0.05) is 11.6 Å².